The summed E-state index contributed by atoms with van der Waals surface area (Å²) in [5, 5.41) is 8.95. The Balaban J connectivity index is 2.13. The lowest BCUT2D eigenvalue weighted by Crippen LogP contribution is -2.34. The van der Waals surface area contributed by atoms with Crippen LogP contribution in [0.1, 0.15) is 31.4 Å². The van der Waals surface area contributed by atoms with Crippen molar-refractivity contribution in [3.63, 3.8) is 0 Å². The summed E-state index contributed by atoms with van der Waals surface area (Å²) in [6.07, 6.45) is 2.31. The Hall–Kier alpha value is -1.42. The largest absolute Gasteiger partial charge is 0.480 e. The lowest BCUT2D eigenvalue weighted by Gasteiger charge is -2.28. The zero-order valence-electron chi connectivity index (χ0n) is 10.5. The van der Waals surface area contributed by atoms with Crippen LogP contribution in [0.25, 0.3) is 0 Å². The van der Waals surface area contributed by atoms with Gasteiger partial charge >= 0.3 is 5.97 Å². The van der Waals surface area contributed by atoms with E-state index < -0.39 is 5.97 Å². The second kappa shape index (κ2) is 5.48. The summed E-state index contributed by atoms with van der Waals surface area (Å²) in [4.78, 5) is 12.7. The van der Waals surface area contributed by atoms with Crippen LogP contribution >= 0.6 is 0 Å². The number of aliphatic carboxylic acids is 1. The summed E-state index contributed by atoms with van der Waals surface area (Å²) >= 11 is 0. The predicted molar refractivity (Wildman–Crippen MR) is 66.7 cm³/mol. The Morgan fingerprint density at radius 3 is 2.72 bits per heavy atom. The second-order valence-electron chi connectivity index (χ2n) is 4.96. The molecule has 0 saturated heterocycles. The summed E-state index contributed by atoms with van der Waals surface area (Å²) in [7, 11) is 0. The van der Waals surface area contributed by atoms with E-state index in [2.05, 4.69) is 0 Å². The van der Waals surface area contributed by atoms with Gasteiger partial charge in [0.15, 0.2) is 0 Å². The second-order valence-corrected chi connectivity index (χ2v) is 4.96. The molecule has 4 heteroatoms. The molecule has 0 amide bonds. The first kappa shape index (κ1) is 13.0. The predicted octanol–water partition coefficient (Wildman–Crippen LogP) is 2.68. The van der Waals surface area contributed by atoms with Crippen LogP contribution in [0.15, 0.2) is 24.3 Å². The Morgan fingerprint density at radius 2 is 2.17 bits per heavy atom. The fraction of sp³-hybridized carbons (Fsp3) is 0.500. The van der Waals surface area contributed by atoms with E-state index in [0.717, 1.165) is 19.4 Å². The summed E-state index contributed by atoms with van der Waals surface area (Å²) in [5.74, 6) is -0.548. The third-order valence-corrected chi connectivity index (χ3v) is 3.43. The van der Waals surface area contributed by atoms with Gasteiger partial charge < -0.3 is 5.11 Å². The van der Waals surface area contributed by atoms with Crippen LogP contribution in [0.2, 0.25) is 0 Å². The third-order valence-electron chi connectivity index (χ3n) is 3.43. The maximum atomic E-state index is 13.7. The number of carboxylic acid groups (broad SMARTS) is 1. The molecule has 1 N–H and O–H groups in total. The molecule has 0 bridgehead atoms. The Morgan fingerprint density at radius 1 is 1.50 bits per heavy atom. The van der Waals surface area contributed by atoms with E-state index in [9.17, 15) is 9.18 Å². The monoisotopic (exact) mass is 251 g/mol. The van der Waals surface area contributed by atoms with Gasteiger partial charge in [-0.2, -0.15) is 0 Å². The molecule has 0 heterocycles. The molecule has 18 heavy (non-hydrogen) atoms. The zero-order chi connectivity index (χ0) is 13.1. The van der Waals surface area contributed by atoms with Crippen molar-refractivity contribution in [3.8, 4) is 0 Å². The van der Waals surface area contributed by atoms with Crippen LogP contribution in [0.3, 0.4) is 0 Å². The van der Waals surface area contributed by atoms with Gasteiger partial charge in [-0.3, -0.25) is 9.69 Å². The van der Waals surface area contributed by atoms with Gasteiger partial charge in [-0.25, -0.2) is 4.39 Å². The average Bonchev–Trinajstić information content (AvgIpc) is 3.11. The molecule has 1 unspecified atom stereocenters. The van der Waals surface area contributed by atoms with Crippen molar-refractivity contribution in [1.82, 2.24) is 4.90 Å². The van der Waals surface area contributed by atoms with Gasteiger partial charge in [-0.1, -0.05) is 18.2 Å². The summed E-state index contributed by atoms with van der Waals surface area (Å²) in [6, 6.07) is 6.37. The van der Waals surface area contributed by atoms with Gasteiger partial charge in [-0.05, 0) is 31.7 Å². The molecule has 1 fully saturated rings. The number of carboxylic acids is 1. The lowest BCUT2D eigenvalue weighted by molar-refractivity contribution is -0.139. The highest BCUT2D eigenvalue weighted by molar-refractivity contribution is 5.69. The van der Waals surface area contributed by atoms with Crippen LogP contribution in [0, 0.1) is 11.7 Å². The Bertz CT molecular complexity index is 432. The van der Waals surface area contributed by atoms with Crippen LogP contribution in [0.4, 0.5) is 4.39 Å². The summed E-state index contributed by atoms with van der Waals surface area (Å²) in [6.45, 7) is 2.57. The van der Waals surface area contributed by atoms with E-state index in [4.69, 9.17) is 5.11 Å². The number of halogens is 1. The van der Waals surface area contributed by atoms with Crippen molar-refractivity contribution in [2.75, 3.05) is 13.1 Å². The topological polar surface area (TPSA) is 40.5 Å². The molecule has 0 radical (unpaired) electrons. The normalized spacial score (nSPS) is 16.8. The minimum absolute atomic E-state index is 0.0357. The molecule has 2 rings (SSSR count). The van der Waals surface area contributed by atoms with Gasteiger partial charge in [0.05, 0.1) is 6.54 Å². The molecule has 1 saturated carbocycles. The first-order valence-electron chi connectivity index (χ1n) is 6.28. The highest BCUT2D eigenvalue weighted by Gasteiger charge is 2.29. The third kappa shape index (κ3) is 3.29. The lowest BCUT2D eigenvalue weighted by atomic mass is 10.1. The number of hydrogen-bond donors (Lipinski definition) is 1. The molecule has 1 aromatic rings. The van der Waals surface area contributed by atoms with Gasteiger partial charge in [0.25, 0.3) is 0 Å². The number of hydrogen-bond acceptors (Lipinski definition) is 2. The maximum Gasteiger partial charge on any atom is 0.317 e. The van der Waals surface area contributed by atoms with Crippen molar-refractivity contribution >= 4 is 5.97 Å². The minimum atomic E-state index is -0.862. The fourth-order valence-corrected chi connectivity index (χ4v) is 2.18. The van der Waals surface area contributed by atoms with Crippen molar-refractivity contribution in [2.45, 2.75) is 25.8 Å². The van der Waals surface area contributed by atoms with E-state index >= 15 is 0 Å². The van der Waals surface area contributed by atoms with Crippen molar-refractivity contribution in [3.05, 3.63) is 35.6 Å². The highest BCUT2D eigenvalue weighted by atomic mass is 19.1. The van der Waals surface area contributed by atoms with E-state index in [-0.39, 0.29) is 18.4 Å². The van der Waals surface area contributed by atoms with Crippen molar-refractivity contribution < 1.29 is 14.3 Å². The highest BCUT2D eigenvalue weighted by Crippen LogP contribution is 2.33. The molecule has 1 atom stereocenters. The van der Waals surface area contributed by atoms with Crippen molar-refractivity contribution in [2.24, 2.45) is 5.92 Å². The molecular weight excluding hydrogens is 233 g/mol. The van der Waals surface area contributed by atoms with Gasteiger partial charge in [0.1, 0.15) is 5.82 Å². The van der Waals surface area contributed by atoms with E-state index in [1.165, 1.54) is 6.07 Å². The SMILES string of the molecule is CC(c1ccccc1F)N(CC(=O)O)CC1CC1. The molecular formula is C14H18FNO2. The van der Waals surface area contributed by atoms with E-state index in [1.54, 1.807) is 18.2 Å². The standard InChI is InChI=1S/C14H18FNO2/c1-10(12-4-2-3-5-13(12)15)16(9-14(17)18)8-11-6-7-11/h2-5,10-11H,6-9H2,1H3,(H,17,18). The molecule has 0 aromatic heterocycles. The van der Waals surface area contributed by atoms with Crippen LogP contribution in [0.5, 0.6) is 0 Å². The zero-order valence-corrected chi connectivity index (χ0v) is 10.5. The molecule has 1 aliphatic rings. The average molecular weight is 251 g/mol. The quantitative estimate of drug-likeness (QED) is 0.845. The molecule has 1 aromatic carbocycles. The van der Waals surface area contributed by atoms with E-state index in [0.29, 0.717) is 11.5 Å². The number of benzene rings is 1. The number of carbonyl (C=O) groups is 1. The molecule has 0 spiro atoms. The summed E-state index contributed by atoms with van der Waals surface area (Å²) < 4.78 is 13.7. The Labute approximate surface area is 106 Å². The minimum Gasteiger partial charge on any atom is -0.480 e. The van der Waals surface area contributed by atoms with Crippen LogP contribution in [-0.4, -0.2) is 29.1 Å². The molecule has 98 valence electrons. The van der Waals surface area contributed by atoms with Gasteiger partial charge in [-0.15, -0.1) is 0 Å². The maximum absolute atomic E-state index is 13.7. The van der Waals surface area contributed by atoms with Gasteiger partial charge in [0.2, 0.25) is 0 Å². The number of nitrogens with zero attached hydrogens (tertiary/aromatic N) is 1. The first-order valence-corrected chi connectivity index (χ1v) is 6.28. The molecule has 1 aliphatic carbocycles. The summed E-state index contributed by atoms with van der Waals surface area (Å²) in [5.41, 5.74) is 0.569. The van der Waals surface area contributed by atoms with Crippen LogP contribution in [-0.2, 0) is 4.79 Å². The van der Waals surface area contributed by atoms with Crippen LogP contribution < -0.4 is 0 Å². The Kier molecular flexibility index (Phi) is 3.97. The molecule has 3 nitrogen and oxygen atoms in total. The van der Waals surface area contributed by atoms with Gasteiger partial charge in [0, 0.05) is 18.2 Å². The number of rotatable bonds is 6. The van der Waals surface area contributed by atoms with E-state index in [1.807, 2.05) is 11.8 Å². The first-order chi connectivity index (χ1) is 8.58. The molecule has 0 aliphatic heterocycles. The fourth-order valence-electron chi connectivity index (χ4n) is 2.18. The van der Waals surface area contributed by atoms with Crippen molar-refractivity contribution in [1.29, 1.82) is 0 Å². The smallest absolute Gasteiger partial charge is 0.317 e.